The summed E-state index contributed by atoms with van der Waals surface area (Å²) in [4.78, 5) is 0. The van der Waals surface area contributed by atoms with E-state index in [0.29, 0.717) is 0 Å². The van der Waals surface area contributed by atoms with E-state index in [2.05, 4.69) is 9.42 Å². The third-order valence-electron chi connectivity index (χ3n) is 1.98. The standard InChI is InChI=1S/2C8H7.ClH.Pt/c2*1-2-8-6-4-3-5-7-8;;/h2*1-7H;1H;/q2*-1;;+1/p-1. The molecule has 2 rings (SSSR count). The number of rotatable bonds is 2. The number of hydrogen-bond acceptors (Lipinski definition) is 0. The molecule has 0 aliphatic heterocycles. The number of benzene rings is 2. The predicted octanol–water partition coefficient (Wildman–Crippen LogP) is 4.95. The van der Waals surface area contributed by atoms with Crippen LogP contribution in [0.5, 0.6) is 0 Å². The Morgan fingerprint density at radius 2 is 0.944 bits per heavy atom. The Hall–Kier alpha value is -1.10. The first kappa shape index (κ1) is 16.9. The molecule has 0 aromatic heterocycles. The van der Waals surface area contributed by atoms with Gasteiger partial charge in [0.2, 0.25) is 0 Å². The first-order valence-corrected chi connectivity index (χ1v) is 8.00. The van der Waals surface area contributed by atoms with E-state index < -0.39 is 0 Å². The zero-order valence-corrected chi connectivity index (χ0v) is 12.8. The quantitative estimate of drug-likeness (QED) is 0.584. The molecule has 0 spiro atoms. The van der Waals surface area contributed by atoms with E-state index in [1.807, 2.05) is 60.7 Å². The van der Waals surface area contributed by atoms with E-state index in [4.69, 9.17) is 13.2 Å². The topological polar surface area (TPSA) is 0 Å². The third-order valence-corrected chi connectivity index (χ3v) is 1.98. The summed E-state index contributed by atoms with van der Waals surface area (Å²) in [5.41, 5.74) is 2.13. The maximum atomic E-state index is 5.22. The van der Waals surface area contributed by atoms with Crippen LogP contribution < -0.4 is 0 Å². The van der Waals surface area contributed by atoms with Crippen LogP contribution >= 0.6 is 9.42 Å². The van der Waals surface area contributed by atoms with E-state index in [0.717, 1.165) is 11.1 Å². The minimum absolute atomic E-state index is 1.06. The molecule has 97 valence electrons. The molecule has 0 aliphatic rings. The number of hydrogen-bond donors (Lipinski definition) is 0. The molecule has 0 unspecified atom stereocenters. The minimum atomic E-state index is 1.06. The molecule has 2 heteroatoms. The Morgan fingerprint density at radius 1 is 0.667 bits per heavy atom. The van der Waals surface area contributed by atoms with Crippen molar-refractivity contribution in [2.75, 3.05) is 0 Å². The zero-order chi connectivity index (χ0) is 13.6. The molecule has 2 aromatic rings. The number of halogens is 1. The molecule has 0 radical (unpaired) electrons. The van der Waals surface area contributed by atoms with Crippen molar-refractivity contribution in [3.8, 4) is 0 Å². The first-order chi connectivity index (χ1) is 8.86. The van der Waals surface area contributed by atoms with Crippen molar-refractivity contribution < 1.29 is 18.8 Å². The fourth-order valence-electron chi connectivity index (χ4n) is 1.13. The zero-order valence-electron chi connectivity index (χ0n) is 9.78. The van der Waals surface area contributed by atoms with Gasteiger partial charge in [-0.15, -0.1) is 24.3 Å². The third kappa shape index (κ3) is 8.06. The summed E-state index contributed by atoms with van der Waals surface area (Å²) in [5.74, 6) is 0. The van der Waals surface area contributed by atoms with Gasteiger partial charge in [0.15, 0.2) is 0 Å². The Labute approximate surface area is 125 Å². The van der Waals surface area contributed by atoms with Crippen LogP contribution in [0.3, 0.4) is 0 Å². The molecule has 0 nitrogen and oxygen atoms in total. The summed E-state index contributed by atoms with van der Waals surface area (Å²) in [5, 5.41) is 0. The van der Waals surface area contributed by atoms with Gasteiger partial charge >= 0.3 is 28.2 Å². The molecule has 0 saturated carbocycles. The van der Waals surface area contributed by atoms with E-state index in [1.165, 1.54) is 0 Å². The average Bonchev–Trinajstić information content (AvgIpc) is 2.51. The van der Waals surface area contributed by atoms with Crippen LogP contribution in [-0.2, 0) is 18.8 Å². The molecule has 0 amide bonds. The van der Waals surface area contributed by atoms with Crippen molar-refractivity contribution in [3.05, 3.63) is 84.9 Å². The van der Waals surface area contributed by atoms with Crippen molar-refractivity contribution in [2.24, 2.45) is 0 Å². The van der Waals surface area contributed by atoms with Crippen LogP contribution in [-0.4, -0.2) is 0 Å². The van der Waals surface area contributed by atoms with Gasteiger partial charge in [0.25, 0.3) is 0 Å². The SMILES string of the molecule is [CH-]=Cc1ccccc1.[CH-]=Cc1ccccc1.[Cl][Pt]. The molecule has 18 heavy (non-hydrogen) atoms. The second kappa shape index (κ2) is 12.4. The first-order valence-electron chi connectivity index (χ1n) is 5.18. The van der Waals surface area contributed by atoms with Crippen LogP contribution in [0.2, 0.25) is 0 Å². The van der Waals surface area contributed by atoms with Crippen molar-refractivity contribution in [1.82, 2.24) is 0 Å². The van der Waals surface area contributed by atoms with Gasteiger partial charge < -0.3 is 0 Å². The predicted molar refractivity (Wildman–Crippen MR) is 76.3 cm³/mol. The molecule has 2 aromatic carbocycles. The second-order valence-corrected chi connectivity index (χ2v) is 3.15. The van der Waals surface area contributed by atoms with Gasteiger partial charge in [-0.3, -0.25) is 13.2 Å². The fourth-order valence-corrected chi connectivity index (χ4v) is 1.13. The molecule has 0 atom stereocenters. The Balaban J connectivity index is 0.000000283. The van der Waals surface area contributed by atoms with E-state index in [1.54, 1.807) is 30.9 Å². The molecule has 0 fully saturated rings. The van der Waals surface area contributed by atoms with Crippen molar-refractivity contribution >= 4 is 21.6 Å². The molecular weight excluding hydrogens is 423 g/mol. The van der Waals surface area contributed by atoms with Crippen LogP contribution in [0.1, 0.15) is 11.1 Å². The van der Waals surface area contributed by atoms with Gasteiger partial charge in [0.1, 0.15) is 0 Å². The molecule has 0 bridgehead atoms. The van der Waals surface area contributed by atoms with Gasteiger partial charge in [-0.25, -0.2) is 12.2 Å². The van der Waals surface area contributed by atoms with Gasteiger partial charge in [-0.2, -0.15) is 11.1 Å². The van der Waals surface area contributed by atoms with E-state index in [9.17, 15) is 0 Å². The Kier molecular flexibility index (Phi) is 11.6. The monoisotopic (exact) mass is 436 g/mol. The van der Waals surface area contributed by atoms with Crippen LogP contribution in [0.4, 0.5) is 0 Å². The van der Waals surface area contributed by atoms with E-state index >= 15 is 0 Å². The molecule has 0 heterocycles. The summed E-state index contributed by atoms with van der Waals surface area (Å²) in [6.07, 6.45) is 3.17. The molecule has 0 aliphatic carbocycles. The second-order valence-electron chi connectivity index (χ2n) is 3.15. The van der Waals surface area contributed by atoms with Crippen molar-refractivity contribution in [3.63, 3.8) is 0 Å². The van der Waals surface area contributed by atoms with Crippen molar-refractivity contribution in [2.45, 2.75) is 0 Å². The van der Waals surface area contributed by atoms with E-state index in [-0.39, 0.29) is 0 Å². The normalized spacial score (nSPS) is 7.94. The fraction of sp³-hybridized carbons (Fsp3) is 0. The summed E-state index contributed by atoms with van der Waals surface area (Å²) in [6, 6.07) is 19.6. The van der Waals surface area contributed by atoms with Crippen LogP contribution in [0.15, 0.2) is 60.7 Å². The van der Waals surface area contributed by atoms with Gasteiger partial charge in [-0.05, 0) is 0 Å². The molecule has 0 saturated heterocycles. The Morgan fingerprint density at radius 3 is 1.11 bits per heavy atom. The van der Waals surface area contributed by atoms with Crippen LogP contribution in [0, 0.1) is 13.2 Å². The molecule has 0 N–H and O–H groups in total. The average molecular weight is 437 g/mol. The molecular formula is C16H14ClPt-2. The summed E-state index contributed by atoms with van der Waals surface area (Å²) in [7, 11) is 4.61. The van der Waals surface area contributed by atoms with Gasteiger partial charge in [0, 0.05) is 0 Å². The summed E-state index contributed by atoms with van der Waals surface area (Å²) >= 11 is 1.61. The summed E-state index contributed by atoms with van der Waals surface area (Å²) in [6.45, 7) is 10.4. The van der Waals surface area contributed by atoms with Crippen LogP contribution in [0.25, 0.3) is 12.2 Å². The van der Waals surface area contributed by atoms with Crippen molar-refractivity contribution in [1.29, 1.82) is 0 Å². The summed E-state index contributed by atoms with van der Waals surface area (Å²) < 4.78 is 0. The Bertz CT molecular complexity index is 380. The maximum absolute atomic E-state index is 5.22. The van der Waals surface area contributed by atoms with Gasteiger partial charge in [0.05, 0.1) is 0 Å². The van der Waals surface area contributed by atoms with Gasteiger partial charge in [-0.1, -0.05) is 36.4 Å².